The third kappa shape index (κ3) is 4.40. The van der Waals surface area contributed by atoms with E-state index in [1.165, 1.54) is 0 Å². The highest BCUT2D eigenvalue weighted by Crippen LogP contribution is 2.40. The molecule has 49 heavy (non-hydrogen) atoms. The van der Waals surface area contributed by atoms with E-state index in [4.69, 9.17) is 14.4 Å². The minimum atomic E-state index is 0.863. The minimum Gasteiger partial charge on any atom is -0.456 e. The summed E-state index contributed by atoms with van der Waals surface area (Å²) in [6, 6.07) is 59.0. The summed E-state index contributed by atoms with van der Waals surface area (Å²) in [6.45, 7) is 0. The minimum absolute atomic E-state index is 0.863. The molecule has 0 bridgehead atoms. The van der Waals surface area contributed by atoms with Gasteiger partial charge in [0.1, 0.15) is 22.8 Å². The van der Waals surface area contributed by atoms with Crippen molar-refractivity contribution in [2.45, 2.75) is 0 Å². The van der Waals surface area contributed by atoms with Gasteiger partial charge in [0.2, 0.25) is 0 Å². The van der Waals surface area contributed by atoms with Crippen molar-refractivity contribution in [2.75, 3.05) is 0 Å². The molecule has 0 fully saturated rings. The Labute approximate surface area is 282 Å². The Morgan fingerprint density at radius 1 is 0.408 bits per heavy atom. The van der Waals surface area contributed by atoms with Crippen LogP contribution in [0.15, 0.2) is 174 Å². The van der Waals surface area contributed by atoms with Crippen LogP contribution in [0.25, 0.3) is 89.3 Å². The third-order valence-electron chi connectivity index (χ3n) is 9.32. The predicted octanol–water partition coefficient (Wildman–Crippen LogP) is 11.3. The van der Waals surface area contributed by atoms with Crippen LogP contribution < -0.4 is 0 Å². The van der Waals surface area contributed by atoms with Crippen molar-refractivity contribution < 1.29 is 4.42 Å². The molecule has 0 spiro atoms. The molecule has 0 aliphatic carbocycles. The summed E-state index contributed by atoms with van der Waals surface area (Å²) in [5.41, 5.74) is 12.0. The predicted molar refractivity (Wildman–Crippen MR) is 199 cm³/mol. The second-order valence-corrected chi connectivity index (χ2v) is 12.3. The number of rotatable bonds is 5. The van der Waals surface area contributed by atoms with Crippen LogP contribution in [0.1, 0.15) is 0 Å². The molecule has 7 aromatic carbocycles. The number of fused-ring (bicyclic) bond motifs is 5. The first-order valence-corrected chi connectivity index (χ1v) is 16.4. The lowest BCUT2D eigenvalue weighted by atomic mass is 9.98. The SMILES string of the molecule is c1ccc(-c2nc3ccccc3n2-c2cc(-c3cccc4oc5ccccc5c34)cc(-n3c(-c4ccccc4)nc4ccccc43)c2)cc1. The molecule has 0 atom stereocenters. The van der Waals surface area contributed by atoms with Gasteiger partial charge >= 0.3 is 0 Å². The van der Waals surface area contributed by atoms with Gasteiger partial charge in [-0.3, -0.25) is 9.13 Å². The first kappa shape index (κ1) is 27.4. The molecule has 230 valence electrons. The van der Waals surface area contributed by atoms with Gasteiger partial charge in [0, 0.05) is 21.9 Å². The second kappa shape index (κ2) is 10.9. The highest BCUT2D eigenvalue weighted by atomic mass is 16.3. The van der Waals surface area contributed by atoms with E-state index in [1.54, 1.807) is 0 Å². The molecule has 10 aromatic rings. The van der Waals surface area contributed by atoms with Crippen molar-refractivity contribution in [3.05, 3.63) is 170 Å². The van der Waals surface area contributed by atoms with Gasteiger partial charge in [-0.05, 0) is 65.7 Å². The van der Waals surface area contributed by atoms with Crippen LogP contribution in [0.5, 0.6) is 0 Å². The molecule has 0 radical (unpaired) electrons. The fraction of sp³-hybridized carbons (Fsp3) is 0. The molecule has 10 rings (SSSR count). The quantitative estimate of drug-likeness (QED) is 0.191. The highest BCUT2D eigenvalue weighted by molar-refractivity contribution is 6.12. The van der Waals surface area contributed by atoms with Gasteiger partial charge in [-0.25, -0.2) is 9.97 Å². The lowest BCUT2D eigenvalue weighted by molar-refractivity contribution is 0.669. The number of imidazole rings is 2. The lowest BCUT2D eigenvalue weighted by Crippen LogP contribution is -2.03. The zero-order valence-corrected chi connectivity index (χ0v) is 26.4. The standard InChI is InChI=1S/C44H28N4O/c1-3-14-29(15-4-1)43-45-36-20-8-10-22-38(36)47(43)32-26-31(34-19-13-25-41-42(34)35-18-7-12-24-40(35)49-41)27-33(28-32)48-39-23-11-9-21-37(39)46-44(48)30-16-5-2-6-17-30/h1-28H. The van der Waals surface area contributed by atoms with Crippen LogP contribution in [0.3, 0.4) is 0 Å². The Kier molecular flexibility index (Phi) is 6.11. The number of para-hydroxylation sites is 5. The van der Waals surface area contributed by atoms with Gasteiger partial charge in [0.05, 0.1) is 33.4 Å². The van der Waals surface area contributed by atoms with Crippen molar-refractivity contribution in [3.63, 3.8) is 0 Å². The number of benzene rings is 7. The van der Waals surface area contributed by atoms with Gasteiger partial charge < -0.3 is 4.42 Å². The average Bonchev–Trinajstić information content (AvgIpc) is 3.87. The molecule has 0 amide bonds. The molecular weight excluding hydrogens is 601 g/mol. The number of nitrogens with zero attached hydrogens (tertiary/aromatic N) is 4. The number of hydrogen-bond acceptors (Lipinski definition) is 3. The van der Waals surface area contributed by atoms with Crippen molar-refractivity contribution in [1.82, 2.24) is 19.1 Å². The largest absolute Gasteiger partial charge is 0.456 e. The van der Waals surface area contributed by atoms with Crippen molar-refractivity contribution in [2.24, 2.45) is 0 Å². The topological polar surface area (TPSA) is 48.8 Å². The molecule has 0 saturated carbocycles. The average molecular weight is 629 g/mol. The summed E-state index contributed by atoms with van der Waals surface area (Å²) in [5.74, 6) is 1.77. The maximum atomic E-state index is 6.36. The second-order valence-electron chi connectivity index (χ2n) is 12.3. The van der Waals surface area contributed by atoms with E-state index in [1.807, 2.05) is 36.4 Å². The first-order chi connectivity index (χ1) is 24.3. The molecule has 0 N–H and O–H groups in total. The molecule has 0 aliphatic heterocycles. The number of hydrogen-bond donors (Lipinski definition) is 0. The number of furan rings is 1. The summed E-state index contributed by atoms with van der Waals surface area (Å²) in [4.78, 5) is 10.4. The smallest absolute Gasteiger partial charge is 0.145 e. The van der Waals surface area contributed by atoms with E-state index in [0.29, 0.717) is 0 Å². The van der Waals surface area contributed by atoms with Crippen molar-refractivity contribution in [3.8, 4) is 45.3 Å². The Morgan fingerprint density at radius 2 is 0.918 bits per heavy atom. The van der Waals surface area contributed by atoms with E-state index in [2.05, 4.69) is 143 Å². The fourth-order valence-corrected chi connectivity index (χ4v) is 7.16. The summed E-state index contributed by atoms with van der Waals surface area (Å²) < 4.78 is 10.9. The molecule has 0 saturated heterocycles. The van der Waals surface area contributed by atoms with Crippen molar-refractivity contribution >= 4 is 44.0 Å². The Hall–Kier alpha value is -6.72. The zero-order valence-electron chi connectivity index (χ0n) is 26.4. The van der Waals surface area contributed by atoms with Gasteiger partial charge in [0.25, 0.3) is 0 Å². The summed E-state index contributed by atoms with van der Waals surface area (Å²) >= 11 is 0. The molecule has 3 aromatic heterocycles. The highest BCUT2D eigenvalue weighted by Gasteiger charge is 2.21. The van der Waals surface area contributed by atoms with Gasteiger partial charge in [0.15, 0.2) is 0 Å². The van der Waals surface area contributed by atoms with Gasteiger partial charge in [-0.1, -0.05) is 115 Å². The third-order valence-corrected chi connectivity index (χ3v) is 9.32. The molecule has 0 aliphatic rings. The Balaban J connectivity index is 1.33. The lowest BCUT2D eigenvalue weighted by Gasteiger charge is -2.17. The molecule has 5 nitrogen and oxygen atoms in total. The van der Waals surface area contributed by atoms with E-state index in [9.17, 15) is 0 Å². The summed E-state index contributed by atoms with van der Waals surface area (Å²) in [5, 5.41) is 2.19. The van der Waals surface area contributed by atoms with Crippen LogP contribution in [-0.2, 0) is 0 Å². The molecule has 0 unspecified atom stereocenters. The van der Waals surface area contributed by atoms with Crippen LogP contribution in [0.2, 0.25) is 0 Å². The fourth-order valence-electron chi connectivity index (χ4n) is 7.16. The van der Waals surface area contributed by atoms with Crippen LogP contribution >= 0.6 is 0 Å². The zero-order chi connectivity index (χ0) is 32.3. The normalized spacial score (nSPS) is 11.7. The van der Waals surface area contributed by atoms with Crippen molar-refractivity contribution in [1.29, 1.82) is 0 Å². The maximum Gasteiger partial charge on any atom is 0.145 e. The summed E-state index contributed by atoms with van der Waals surface area (Å²) in [6.07, 6.45) is 0. The monoisotopic (exact) mass is 628 g/mol. The van der Waals surface area contributed by atoms with Gasteiger partial charge in [-0.15, -0.1) is 0 Å². The van der Waals surface area contributed by atoms with E-state index >= 15 is 0 Å². The van der Waals surface area contributed by atoms with E-state index < -0.39 is 0 Å². The maximum absolute atomic E-state index is 6.36. The van der Waals surface area contributed by atoms with Crippen LogP contribution in [-0.4, -0.2) is 19.1 Å². The number of aromatic nitrogens is 4. The Bertz CT molecular complexity index is 2690. The summed E-state index contributed by atoms with van der Waals surface area (Å²) in [7, 11) is 0. The molecular formula is C44H28N4O. The van der Waals surface area contributed by atoms with Gasteiger partial charge in [-0.2, -0.15) is 0 Å². The molecule has 5 heteroatoms. The molecule has 3 heterocycles. The van der Waals surface area contributed by atoms with Crippen LogP contribution in [0, 0.1) is 0 Å². The van der Waals surface area contributed by atoms with E-state index in [0.717, 1.165) is 89.3 Å². The Morgan fingerprint density at radius 3 is 1.53 bits per heavy atom. The van der Waals surface area contributed by atoms with Crippen LogP contribution in [0.4, 0.5) is 0 Å². The van der Waals surface area contributed by atoms with E-state index in [-0.39, 0.29) is 0 Å². The first-order valence-electron chi connectivity index (χ1n) is 16.4.